The number of piperazine rings is 1. The number of anilines is 1. The third kappa shape index (κ3) is 5.62. The van der Waals surface area contributed by atoms with Crippen LogP contribution in [0.25, 0.3) is 0 Å². The summed E-state index contributed by atoms with van der Waals surface area (Å²) in [5.41, 5.74) is 5.08. The third-order valence-corrected chi connectivity index (χ3v) is 8.99. The van der Waals surface area contributed by atoms with Gasteiger partial charge in [0.2, 0.25) is 5.03 Å². The number of carbonyl (C=O) groups excluding carboxylic acids is 1. The second-order valence-corrected chi connectivity index (χ2v) is 11.3. The zero-order valence-corrected chi connectivity index (χ0v) is 21.9. The monoisotopic (exact) mass is 499 g/mol. The lowest BCUT2D eigenvalue weighted by Crippen LogP contribution is -2.49. The van der Waals surface area contributed by atoms with Crippen molar-refractivity contribution in [2.45, 2.75) is 64.4 Å². The summed E-state index contributed by atoms with van der Waals surface area (Å²) in [4.78, 5) is 15.2. The van der Waals surface area contributed by atoms with Gasteiger partial charge in [0.25, 0.3) is 15.9 Å². The van der Waals surface area contributed by atoms with Crippen molar-refractivity contribution in [3.63, 3.8) is 0 Å². The molecule has 35 heavy (non-hydrogen) atoms. The van der Waals surface area contributed by atoms with Gasteiger partial charge in [0.15, 0.2) is 0 Å². The molecule has 1 aromatic heterocycles. The number of amides is 1. The molecule has 1 aromatic carbocycles. The van der Waals surface area contributed by atoms with Crippen molar-refractivity contribution in [3.05, 3.63) is 52.7 Å². The van der Waals surface area contributed by atoms with E-state index >= 15 is 0 Å². The smallest absolute Gasteiger partial charge is 0.263 e. The number of carbonyl (C=O) groups is 1. The lowest BCUT2D eigenvalue weighted by atomic mass is 9.97. The fourth-order valence-electron chi connectivity index (χ4n) is 4.85. The lowest BCUT2D eigenvalue weighted by Gasteiger charge is -2.36. The van der Waals surface area contributed by atoms with Gasteiger partial charge < -0.3 is 10.2 Å². The number of nitrogens with zero attached hydrogens (tertiary/aromatic N) is 4. The number of aromatic nitrogens is 2. The summed E-state index contributed by atoms with van der Waals surface area (Å²) < 4.78 is 30.1. The van der Waals surface area contributed by atoms with Crippen molar-refractivity contribution in [3.8, 4) is 0 Å². The molecule has 0 spiro atoms. The normalized spacial score (nSPS) is 17.3. The first-order valence-electron chi connectivity index (χ1n) is 12.7. The maximum atomic E-state index is 13.6. The standard InChI is InChI=1S/C26H37N5O3S/c1-4-30-19-23(25(32)27-14-13-22-10-6-5-7-11-22)26(28-30)35(33,34)31-17-15-29(16-18-31)24-12-8-9-20(2)21(24)3/h8-10,12,19H,4-7,11,13-18H2,1-3H3,(H,27,32). The molecule has 190 valence electrons. The van der Waals surface area contributed by atoms with Crippen molar-refractivity contribution in [2.24, 2.45) is 0 Å². The molecule has 1 amide bonds. The average Bonchev–Trinajstić information content (AvgIpc) is 3.32. The van der Waals surface area contributed by atoms with Crippen molar-refractivity contribution in [2.75, 3.05) is 37.6 Å². The Kier molecular flexibility index (Phi) is 7.96. The summed E-state index contributed by atoms with van der Waals surface area (Å²) in [5, 5.41) is 7.07. The quantitative estimate of drug-likeness (QED) is 0.560. The van der Waals surface area contributed by atoms with Gasteiger partial charge >= 0.3 is 0 Å². The van der Waals surface area contributed by atoms with Crippen LogP contribution in [-0.4, -0.2) is 61.1 Å². The summed E-state index contributed by atoms with van der Waals surface area (Å²) in [5.74, 6) is -0.381. The molecule has 9 heteroatoms. The van der Waals surface area contributed by atoms with Crippen molar-refractivity contribution < 1.29 is 13.2 Å². The van der Waals surface area contributed by atoms with Crippen molar-refractivity contribution in [1.29, 1.82) is 0 Å². The average molecular weight is 500 g/mol. The first-order valence-corrected chi connectivity index (χ1v) is 14.1. The van der Waals surface area contributed by atoms with E-state index in [1.54, 1.807) is 6.20 Å². The maximum absolute atomic E-state index is 13.6. The van der Waals surface area contributed by atoms with Crippen LogP contribution in [0.3, 0.4) is 0 Å². The van der Waals surface area contributed by atoms with Gasteiger partial charge in [-0.3, -0.25) is 9.48 Å². The van der Waals surface area contributed by atoms with Crippen LogP contribution in [0, 0.1) is 13.8 Å². The minimum absolute atomic E-state index is 0.126. The second kappa shape index (κ2) is 11.0. The summed E-state index contributed by atoms with van der Waals surface area (Å²) in [6, 6.07) is 6.21. The molecular weight excluding hydrogens is 462 g/mol. The first kappa shape index (κ1) is 25.4. The molecule has 2 aromatic rings. The summed E-state index contributed by atoms with van der Waals surface area (Å²) in [6.07, 6.45) is 9.22. The molecule has 1 saturated heterocycles. The molecule has 1 aliphatic carbocycles. The number of rotatable bonds is 8. The zero-order valence-electron chi connectivity index (χ0n) is 21.1. The molecule has 1 aliphatic heterocycles. The van der Waals surface area contributed by atoms with Gasteiger partial charge in [-0.25, -0.2) is 8.42 Å². The number of hydrogen-bond donors (Lipinski definition) is 1. The zero-order chi connectivity index (χ0) is 25.0. The largest absolute Gasteiger partial charge is 0.369 e. The van der Waals surface area contributed by atoms with Crippen LogP contribution >= 0.6 is 0 Å². The Hall–Kier alpha value is -2.65. The molecule has 0 radical (unpaired) electrons. The van der Waals surface area contributed by atoms with Crippen LogP contribution < -0.4 is 10.2 Å². The fourth-order valence-corrected chi connectivity index (χ4v) is 6.37. The molecule has 2 heterocycles. The molecule has 4 rings (SSSR count). The van der Waals surface area contributed by atoms with Crippen LogP contribution in [0.2, 0.25) is 0 Å². The molecule has 2 aliphatic rings. The fraction of sp³-hybridized carbons (Fsp3) is 0.538. The Balaban J connectivity index is 1.45. The highest BCUT2D eigenvalue weighted by Gasteiger charge is 2.35. The molecule has 0 saturated carbocycles. The molecule has 0 bridgehead atoms. The van der Waals surface area contributed by atoms with Crippen LogP contribution in [-0.2, 0) is 16.6 Å². The van der Waals surface area contributed by atoms with Crippen LogP contribution in [0.4, 0.5) is 5.69 Å². The Morgan fingerprint density at radius 2 is 1.89 bits per heavy atom. The van der Waals surface area contributed by atoms with Gasteiger partial charge in [-0.2, -0.15) is 9.40 Å². The number of sulfonamides is 1. The summed E-state index contributed by atoms with van der Waals surface area (Å²) >= 11 is 0. The second-order valence-electron chi connectivity index (χ2n) is 9.43. The predicted molar refractivity (Wildman–Crippen MR) is 138 cm³/mol. The number of hydrogen-bond acceptors (Lipinski definition) is 5. The van der Waals surface area contributed by atoms with Gasteiger partial charge in [0.05, 0.1) is 5.56 Å². The lowest BCUT2D eigenvalue weighted by molar-refractivity contribution is 0.0950. The molecule has 8 nitrogen and oxygen atoms in total. The summed E-state index contributed by atoms with van der Waals surface area (Å²) in [7, 11) is -3.89. The van der Waals surface area contributed by atoms with Gasteiger partial charge in [0, 0.05) is 51.2 Å². The van der Waals surface area contributed by atoms with Gasteiger partial charge in [0.1, 0.15) is 0 Å². The summed E-state index contributed by atoms with van der Waals surface area (Å²) in [6.45, 7) is 8.93. The first-order chi connectivity index (χ1) is 16.8. The SMILES string of the molecule is CCn1cc(C(=O)NCCC2=CCCCC2)c(S(=O)(=O)N2CCN(c3cccc(C)c3C)CC2)n1. The van der Waals surface area contributed by atoms with Gasteiger partial charge in [-0.15, -0.1) is 0 Å². The molecular formula is C26H37N5O3S. The maximum Gasteiger partial charge on any atom is 0.263 e. The predicted octanol–water partition coefficient (Wildman–Crippen LogP) is 3.65. The highest BCUT2D eigenvalue weighted by Crippen LogP contribution is 2.26. The minimum Gasteiger partial charge on any atom is -0.369 e. The highest BCUT2D eigenvalue weighted by atomic mass is 32.2. The Bertz CT molecular complexity index is 1190. The van der Waals surface area contributed by atoms with E-state index in [1.165, 1.54) is 38.5 Å². The molecule has 1 N–H and O–H groups in total. The van der Waals surface area contributed by atoms with Gasteiger partial charge in [-0.05, 0) is 70.1 Å². The van der Waals surface area contributed by atoms with E-state index in [1.807, 2.05) is 13.0 Å². The number of benzene rings is 1. The number of nitrogens with one attached hydrogen (secondary N) is 1. The molecule has 1 fully saturated rings. The van der Waals surface area contributed by atoms with E-state index < -0.39 is 10.0 Å². The Morgan fingerprint density at radius 1 is 1.11 bits per heavy atom. The highest BCUT2D eigenvalue weighted by molar-refractivity contribution is 7.89. The number of allylic oxidation sites excluding steroid dienone is 1. The van der Waals surface area contributed by atoms with Gasteiger partial charge in [-0.1, -0.05) is 23.8 Å². The third-order valence-electron chi connectivity index (χ3n) is 7.15. The Labute approximate surface area is 209 Å². The van der Waals surface area contributed by atoms with Crippen LogP contribution in [0.5, 0.6) is 0 Å². The van der Waals surface area contributed by atoms with E-state index in [0.717, 1.165) is 24.9 Å². The van der Waals surface area contributed by atoms with Crippen LogP contribution in [0.15, 0.2) is 41.1 Å². The molecule has 0 unspecified atom stereocenters. The Morgan fingerprint density at radius 3 is 2.57 bits per heavy atom. The van der Waals surface area contributed by atoms with Crippen molar-refractivity contribution in [1.82, 2.24) is 19.4 Å². The topological polar surface area (TPSA) is 87.5 Å². The van der Waals surface area contributed by atoms with E-state index in [0.29, 0.717) is 39.3 Å². The van der Waals surface area contributed by atoms with E-state index in [4.69, 9.17) is 0 Å². The van der Waals surface area contributed by atoms with Crippen molar-refractivity contribution >= 4 is 21.6 Å². The minimum atomic E-state index is -3.89. The van der Waals surface area contributed by atoms with E-state index in [2.05, 4.69) is 47.4 Å². The van der Waals surface area contributed by atoms with Crippen LogP contribution in [0.1, 0.15) is 60.5 Å². The molecule has 0 atom stereocenters. The number of aryl methyl sites for hydroxylation is 2. The van der Waals surface area contributed by atoms with E-state index in [9.17, 15) is 13.2 Å². The van der Waals surface area contributed by atoms with E-state index in [-0.39, 0.29) is 16.5 Å².